The highest BCUT2D eigenvalue weighted by molar-refractivity contribution is 5.89. The summed E-state index contributed by atoms with van der Waals surface area (Å²) < 4.78 is 12.6. The standard InChI is InChI=1S/C23H28N10O2/c1-2-6-17(7-3-1)31-20(29-14-12-24-13-15-29)16-30(23-34-18-8-4-5-9-19(18)35-23)33(31)32-22-21(27-28-32)25-10-11-26-22/h1-11,20-21,23-25,27-28H,12-16H2. The van der Waals surface area contributed by atoms with E-state index in [9.17, 15) is 0 Å². The number of hydrogen-bond donors (Lipinski definition) is 4. The molecule has 2 unspecified atom stereocenters. The molecule has 12 heteroatoms. The van der Waals surface area contributed by atoms with Crippen LogP contribution in [0.2, 0.25) is 0 Å². The predicted octanol–water partition coefficient (Wildman–Crippen LogP) is -0.0343. The molecule has 4 N–H and O–H groups in total. The molecule has 0 radical (unpaired) electrons. The fourth-order valence-electron chi connectivity index (χ4n) is 5.06. The van der Waals surface area contributed by atoms with Gasteiger partial charge in [0.1, 0.15) is 6.17 Å². The summed E-state index contributed by atoms with van der Waals surface area (Å²) in [7, 11) is 0. The lowest BCUT2D eigenvalue weighted by molar-refractivity contribution is -0.243. The van der Waals surface area contributed by atoms with Crippen LogP contribution >= 0.6 is 0 Å². The van der Waals surface area contributed by atoms with E-state index in [1.165, 1.54) is 0 Å². The van der Waals surface area contributed by atoms with Crippen LogP contribution in [-0.2, 0) is 0 Å². The molecular weight excluding hydrogens is 448 g/mol. The normalized spacial score (nSPS) is 27.3. The summed E-state index contributed by atoms with van der Waals surface area (Å²) >= 11 is 0. The van der Waals surface area contributed by atoms with E-state index in [2.05, 4.69) is 65.8 Å². The van der Waals surface area contributed by atoms with Crippen LogP contribution in [0, 0.1) is 0 Å². The summed E-state index contributed by atoms with van der Waals surface area (Å²) in [6.07, 6.45) is 2.82. The molecule has 0 amide bonds. The number of ether oxygens (including phenoxy) is 2. The molecule has 5 aliphatic rings. The van der Waals surface area contributed by atoms with Crippen LogP contribution < -0.4 is 36.1 Å². The van der Waals surface area contributed by atoms with Crippen LogP contribution in [-0.4, -0.2) is 77.6 Å². The predicted molar refractivity (Wildman–Crippen MR) is 129 cm³/mol. The first-order chi connectivity index (χ1) is 17.4. The summed E-state index contributed by atoms with van der Waals surface area (Å²) in [6.45, 7) is 4.46. The Balaban J connectivity index is 1.30. The number of nitrogens with one attached hydrogen (secondary N) is 4. The van der Waals surface area contributed by atoms with E-state index < -0.39 is 6.41 Å². The second kappa shape index (κ2) is 8.68. The lowest BCUT2D eigenvalue weighted by Gasteiger charge is -2.43. The van der Waals surface area contributed by atoms with Crippen LogP contribution in [0.4, 0.5) is 5.69 Å². The third kappa shape index (κ3) is 3.58. The number of amidine groups is 1. The van der Waals surface area contributed by atoms with Crippen molar-refractivity contribution in [1.82, 2.24) is 41.8 Å². The highest BCUT2D eigenvalue weighted by Crippen LogP contribution is 2.39. The second-order valence-electron chi connectivity index (χ2n) is 8.80. The average molecular weight is 477 g/mol. The van der Waals surface area contributed by atoms with E-state index >= 15 is 0 Å². The number of benzene rings is 2. The van der Waals surface area contributed by atoms with Gasteiger partial charge in [-0.1, -0.05) is 30.3 Å². The molecule has 0 bridgehead atoms. The van der Waals surface area contributed by atoms with Gasteiger partial charge in [0.2, 0.25) is 0 Å². The Morgan fingerprint density at radius 2 is 1.66 bits per heavy atom. The number of piperazine rings is 1. The second-order valence-corrected chi connectivity index (χ2v) is 8.80. The summed E-state index contributed by atoms with van der Waals surface area (Å²) in [5, 5.41) is 15.1. The Morgan fingerprint density at radius 1 is 0.914 bits per heavy atom. The van der Waals surface area contributed by atoms with Gasteiger partial charge in [-0.2, -0.15) is 5.12 Å². The zero-order chi connectivity index (χ0) is 23.2. The van der Waals surface area contributed by atoms with E-state index in [-0.39, 0.29) is 12.3 Å². The van der Waals surface area contributed by atoms with Gasteiger partial charge in [0.15, 0.2) is 23.5 Å². The monoisotopic (exact) mass is 476 g/mol. The largest absolute Gasteiger partial charge is 0.437 e. The van der Waals surface area contributed by atoms with Crippen LogP contribution in [0.3, 0.4) is 0 Å². The number of anilines is 1. The topological polar surface area (TPSA) is 95.1 Å². The molecular formula is C23H28N10O2. The molecule has 3 fully saturated rings. The van der Waals surface area contributed by atoms with E-state index in [0.29, 0.717) is 6.54 Å². The Hall–Kier alpha value is -3.39. The molecule has 2 aromatic rings. The van der Waals surface area contributed by atoms with E-state index in [0.717, 1.165) is 49.2 Å². The van der Waals surface area contributed by atoms with Gasteiger partial charge in [0, 0.05) is 38.6 Å². The van der Waals surface area contributed by atoms with Crippen LogP contribution in [0.5, 0.6) is 11.5 Å². The first-order valence-corrected chi connectivity index (χ1v) is 11.9. The number of rotatable bonds is 4. The van der Waals surface area contributed by atoms with Crippen molar-refractivity contribution in [2.45, 2.75) is 18.7 Å². The minimum absolute atomic E-state index is 0.0453. The molecule has 3 saturated heterocycles. The Bertz CT molecular complexity index is 1100. The van der Waals surface area contributed by atoms with E-state index in [4.69, 9.17) is 9.47 Å². The Morgan fingerprint density at radius 3 is 2.43 bits per heavy atom. The van der Waals surface area contributed by atoms with Gasteiger partial charge < -0.3 is 20.1 Å². The smallest absolute Gasteiger partial charge is 0.321 e. The number of fused-ring (bicyclic) bond motifs is 2. The maximum atomic E-state index is 6.30. The van der Waals surface area contributed by atoms with Crippen molar-refractivity contribution in [3.63, 3.8) is 0 Å². The molecule has 35 heavy (non-hydrogen) atoms. The molecule has 2 aromatic carbocycles. The number of aliphatic imine (C=N–C) groups is 1. The average Bonchev–Trinajstić information content (AvgIpc) is 3.64. The number of para-hydroxylation sites is 3. The van der Waals surface area contributed by atoms with Gasteiger partial charge >= 0.3 is 6.41 Å². The first kappa shape index (κ1) is 20.9. The lowest BCUT2D eigenvalue weighted by Crippen LogP contribution is -2.65. The van der Waals surface area contributed by atoms with Crippen LogP contribution in [0.1, 0.15) is 0 Å². The van der Waals surface area contributed by atoms with Gasteiger partial charge in [-0.05, 0) is 29.5 Å². The van der Waals surface area contributed by atoms with Crippen molar-refractivity contribution in [3.05, 3.63) is 67.0 Å². The quantitative estimate of drug-likeness (QED) is 0.479. The number of hydrogen-bond acceptors (Lipinski definition) is 12. The SMILES string of the molecule is C1=CNC2NNN(N3N(C4Oc5ccccc5O4)CC(N4CCNCC4)N3c3ccccc3)C2=N1. The maximum Gasteiger partial charge on any atom is 0.321 e. The molecule has 7 rings (SSSR count). The minimum Gasteiger partial charge on any atom is -0.437 e. The van der Waals surface area contributed by atoms with Crippen molar-refractivity contribution >= 4 is 11.5 Å². The molecule has 0 spiro atoms. The van der Waals surface area contributed by atoms with Crippen molar-refractivity contribution in [2.75, 3.05) is 37.7 Å². The maximum absolute atomic E-state index is 6.30. The highest BCUT2D eigenvalue weighted by atomic mass is 16.7. The Kier molecular flexibility index (Phi) is 5.19. The summed E-state index contributed by atoms with van der Waals surface area (Å²) in [5.41, 5.74) is 7.61. The fraction of sp³-hybridized carbons (Fsp3) is 0.348. The molecule has 182 valence electrons. The van der Waals surface area contributed by atoms with Crippen LogP contribution in [0.25, 0.3) is 0 Å². The van der Waals surface area contributed by atoms with Crippen molar-refractivity contribution < 1.29 is 9.47 Å². The van der Waals surface area contributed by atoms with E-state index in [1.54, 1.807) is 6.20 Å². The lowest BCUT2D eigenvalue weighted by atomic mass is 10.2. The van der Waals surface area contributed by atoms with Crippen molar-refractivity contribution in [2.24, 2.45) is 4.99 Å². The zero-order valence-electron chi connectivity index (χ0n) is 19.1. The van der Waals surface area contributed by atoms with Gasteiger partial charge in [-0.3, -0.25) is 9.91 Å². The molecule has 5 heterocycles. The number of nitrogens with zero attached hydrogens (tertiary/aromatic N) is 6. The van der Waals surface area contributed by atoms with Crippen molar-refractivity contribution in [3.8, 4) is 11.5 Å². The Labute approximate surface area is 203 Å². The third-order valence-corrected chi connectivity index (χ3v) is 6.71. The first-order valence-electron chi connectivity index (χ1n) is 11.9. The van der Waals surface area contributed by atoms with E-state index in [1.807, 2.05) is 46.9 Å². The minimum atomic E-state index is -0.639. The van der Waals surface area contributed by atoms with Gasteiger partial charge in [-0.25, -0.2) is 10.4 Å². The molecule has 0 aliphatic carbocycles. The fourth-order valence-corrected chi connectivity index (χ4v) is 5.06. The highest BCUT2D eigenvalue weighted by Gasteiger charge is 2.52. The summed E-state index contributed by atoms with van der Waals surface area (Å²) in [6, 6.07) is 18.2. The zero-order valence-corrected chi connectivity index (χ0v) is 19.1. The summed E-state index contributed by atoms with van der Waals surface area (Å²) in [5.74, 6) is 2.26. The van der Waals surface area contributed by atoms with Gasteiger partial charge in [-0.15, -0.1) is 10.5 Å². The summed E-state index contributed by atoms with van der Waals surface area (Å²) in [4.78, 5) is 7.16. The third-order valence-electron chi connectivity index (χ3n) is 6.71. The molecule has 0 saturated carbocycles. The van der Waals surface area contributed by atoms with Gasteiger partial charge in [0.25, 0.3) is 0 Å². The van der Waals surface area contributed by atoms with Gasteiger partial charge in [0.05, 0.1) is 12.2 Å². The molecule has 2 atom stereocenters. The van der Waals surface area contributed by atoms with Crippen LogP contribution in [0.15, 0.2) is 72.0 Å². The number of hydrazine groups is 5. The molecule has 0 aromatic heterocycles. The van der Waals surface area contributed by atoms with Crippen molar-refractivity contribution in [1.29, 1.82) is 0 Å². The molecule has 5 aliphatic heterocycles. The molecule has 12 nitrogen and oxygen atoms in total.